The van der Waals surface area contributed by atoms with Gasteiger partial charge in [-0.15, -0.1) is 0 Å². The molecule has 0 fully saturated rings. The molecule has 0 aromatic heterocycles. The lowest BCUT2D eigenvalue weighted by Crippen LogP contribution is -2.07. The number of carbonyl (C=O) groups is 2. The van der Waals surface area contributed by atoms with Crippen LogP contribution >= 0.6 is 0 Å². The first-order chi connectivity index (χ1) is 12.0. The molecule has 0 spiro atoms. The van der Waals surface area contributed by atoms with Crippen LogP contribution in [0.1, 0.15) is 26.3 Å². The predicted molar refractivity (Wildman–Crippen MR) is 94.6 cm³/mol. The van der Waals surface area contributed by atoms with E-state index >= 15 is 0 Å². The van der Waals surface area contributed by atoms with Gasteiger partial charge in [-0.2, -0.15) is 0 Å². The Hall–Kier alpha value is -3.34. The molecular formula is C20H16O5. The van der Waals surface area contributed by atoms with Crippen molar-refractivity contribution in [2.75, 3.05) is 7.11 Å². The first kappa shape index (κ1) is 16.5. The largest absolute Gasteiger partial charge is 0.496 e. The maximum atomic E-state index is 11.9. The van der Waals surface area contributed by atoms with E-state index in [1.165, 1.54) is 7.11 Å². The van der Waals surface area contributed by atoms with Crippen LogP contribution in [0.2, 0.25) is 0 Å². The van der Waals surface area contributed by atoms with Gasteiger partial charge in [0, 0.05) is 5.56 Å². The molecule has 126 valence electrons. The van der Waals surface area contributed by atoms with Crippen molar-refractivity contribution in [1.29, 1.82) is 0 Å². The van der Waals surface area contributed by atoms with E-state index in [0.717, 1.165) is 5.39 Å². The van der Waals surface area contributed by atoms with Gasteiger partial charge in [-0.05, 0) is 41.0 Å². The van der Waals surface area contributed by atoms with Crippen LogP contribution in [-0.4, -0.2) is 29.3 Å². The van der Waals surface area contributed by atoms with Crippen molar-refractivity contribution in [3.05, 3.63) is 65.2 Å². The van der Waals surface area contributed by atoms with Crippen molar-refractivity contribution in [3.63, 3.8) is 0 Å². The van der Waals surface area contributed by atoms with Crippen molar-refractivity contribution < 1.29 is 24.5 Å². The molecule has 0 aliphatic carbocycles. The van der Waals surface area contributed by atoms with Crippen molar-refractivity contribution in [2.45, 2.75) is 6.92 Å². The first-order valence-electron chi connectivity index (χ1n) is 7.62. The van der Waals surface area contributed by atoms with Gasteiger partial charge < -0.3 is 14.9 Å². The average molecular weight is 336 g/mol. The van der Waals surface area contributed by atoms with Gasteiger partial charge in [0.25, 0.3) is 0 Å². The van der Waals surface area contributed by atoms with Gasteiger partial charge in [-0.25, -0.2) is 9.59 Å². The number of rotatable bonds is 4. The minimum Gasteiger partial charge on any atom is -0.496 e. The molecule has 0 aliphatic heterocycles. The number of carboxylic acid groups (broad SMARTS) is 2. The van der Waals surface area contributed by atoms with E-state index in [9.17, 15) is 19.8 Å². The number of hydrogen-bond donors (Lipinski definition) is 2. The summed E-state index contributed by atoms with van der Waals surface area (Å²) in [6.45, 7) is 1.65. The highest BCUT2D eigenvalue weighted by Gasteiger charge is 2.23. The van der Waals surface area contributed by atoms with Crippen LogP contribution in [0.5, 0.6) is 5.75 Å². The Morgan fingerprint density at radius 2 is 1.44 bits per heavy atom. The average Bonchev–Trinajstić information content (AvgIpc) is 2.59. The van der Waals surface area contributed by atoms with Crippen LogP contribution in [0.15, 0.2) is 48.5 Å². The van der Waals surface area contributed by atoms with Crippen LogP contribution in [-0.2, 0) is 0 Å². The first-order valence-corrected chi connectivity index (χ1v) is 7.62. The molecule has 0 radical (unpaired) electrons. The minimum atomic E-state index is -1.13. The molecule has 0 aliphatic rings. The Morgan fingerprint density at radius 3 is 2.08 bits per heavy atom. The summed E-state index contributed by atoms with van der Waals surface area (Å²) >= 11 is 0. The zero-order valence-corrected chi connectivity index (χ0v) is 13.7. The molecule has 0 amide bonds. The van der Waals surface area contributed by atoms with E-state index < -0.39 is 11.9 Å². The summed E-state index contributed by atoms with van der Waals surface area (Å²) in [6, 6.07) is 13.8. The second kappa shape index (κ2) is 6.28. The summed E-state index contributed by atoms with van der Waals surface area (Å²) in [5.41, 5.74) is 1.31. The molecule has 5 nitrogen and oxygen atoms in total. The fraction of sp³-hybridized carbons (Fsp3) is 0.100. The normalized spacial score (nSPS) is 10.6. The molecule has 2 N–H and O–H groups in total. The van der Waals surface area contributed by atoms with Gasteiger partial charge in [-0.1, -0.05) is 36.4 Å². The Labute approximate surface area is 144 Å². The Morgan fingerprint density at radius 1 is 0.840 bits per heavy atom. The Balaban J connectivity index is 2.41. The fourth-order valence-electron chi connectivity index (χ4n) is 3.14. The third-order valence-corrected chi connectivity index (χ3v) is 4.28. The van der Waals surface area contributed by atoms with Gasteiger partial charge in [-0.3, -0.25) is 0 Å². The lowest BCUT2D eigenvalue weighted by Gasteiger charge is -2.16. The van der Waals surface area contributed by atoms with E-state index in [-0.39, 0.29) is 11.1 Å². The van der Waals surface area contributed by atoms with Crippen LogP contribution in [0, 0.1) is 6.92 Å². The summed E-state index contributed by atoms with van der Waals surface area (Å²) in [5.74, 6) is -1.79. The lowest BCUT2D eigenvalue weighted by atomic mass is 9.89. The van der Waals surface area contributed by atoms with Crippen LogP contribution < -0.4 is 4.74 Å². The molecule has 0 saturated carbocycles. The minimum absolute atomic E-state index is 0.0390. The van der Waals surface area contributed by atoms with Crippen molar-refractivity contribution in [1.82, 2.24) is 0 Å². The van der Waals surface area contributed by atoms with Crippen LogP contribution in [0.25, 0.3) is 21.9 Å². The third kappa shape index (κ3) is 2.70. The van der Waals surface area contributed by atoms with Crippen molar-refractivity contribution in [3.8, 4) is 16.9 Å². The molecule has 0 atom stereocenters. The zero-order chi connectivity index (χ0) is 18.1. The van der Waals surface area contributed by atoms with E-state index in [4.69, 9.17) is 4.74 Å². The predicted octanol–water partition coefficient (Wildman–Crippen LogP) is 4.22. The summed E-state index contributed by atoms with van der Waals surface area (Å²) in [4.78, 5) is 23.8. The molecule has 3 aromatic rings. The third-order valence-electron chi connectivity index (χ3n) is 4.28. The summed E-state index contributed by atoms with van der Waals surface area (Å²) in [5, 5.41) is 20.8. The van der Waals surface area contributed by atoms with Gasteiger partial charge >= 0.3 is 11.9 Å². The standard InChI is InChI=1S/C20H16O5/c1-11-16(25-2)10-9-14(17(11)19(21)22)15-8-7-12-5-3-4-6-13(12)18(15)20(23)24/h3-10H,1-2H3,(H,21,22)(H,23,24). The highest BCUT2D eigenvalue weighted by molar-refractivity contribution is 6.11. The van der Waals surface area contributed by atoms with Crippen LogP contribution in [0.3, 0.4) is 0 Å². The number of carboxylic acids is 2. The maximum Gasteiger partial charge on any atom is 0.336 e. The monoisotopic (exact) mass is 336 g/mol. The molecule has 3 rings (SSSR count). The van der Waals surface area contributed by atoms with E-state index in [1.54, 1.807) is 43.3 Å². The second-order valence-corrected chi connectivity index (χ2v) is 5.63. The summed E-state index contributed by atoms with van der Waals surface area (Å²) in [7, 11) is 1.46. The molecule has 5 heteroatoms. The van der Waals surface area contributed by atoms with E-state index in [2.05, 4.69) is 0 Å². The number of ether oxygens (including phenoxy) is 1. The highest BCUT2D eigenvalue weighted by Crippen LogP contribution is 2.36. The van der Waals surface area contributed by atoms with Gasteiger partial charge in [0.2, 0.25) is 0 Å². The summed E-state index contributed by atoms with van der Waals surface area (Å²) < 4.78 is 5.19. The molecule has 0 bridgehead atoms. The van der Waals surface area contributed by atoms with E-state index in [1.807, 2.05) is 12.1 Å². The quantitative estimate of drug-likeness (QED) is 0.745. The Kier molecular flexibility index (Phi) is 4.15. The molecular weight excluding hydrogens is 320 g/mol. The number of aromatic carboxylic acids is 2. The molecule has 0 saturated heterocycles. The number of benzene rings is 3. The van der Waals surface area contributed by atoms with E-state index in [0.29, 0.717) is 27.8 Å². The molecule has 25 heavy (non-hydrogen) atoms. The zero-order valence-electron chi connectivity index (χ0n) is 13.7. The molecule has 0 unspecified atom stereocenters. The van der Waals surface area contributed by atoms with Crippen molar-refractivity contribution in [2.24, 2.45) is 0 Å². The number of fused-ring (bicyclic) bond motifs is 1. The SMILES string of the molecule is COc1ccc(-c2ccc3ccccc3c2C(=O)O)c(C(=O)O)c1C. The number of hydrogen-bond acceptors (Lipinski definition) is 3. The van der Waals surface area contributed by atoms with Gasteiger partial charge in [0.1, 0.15) is 5.75 Å². The van der Waals surface area contributed by atoms with Crippen LogP contribution in [0.4, 0.5) is 0 Å². The highest BCUT2D eigenvalue weighted by atomic mass is 16.5. The molecule has 3 aromatic carbocycles. The number of methoxy groups -OCH3 is 1. The smallest absolute Gasteiger partial charge is 0.336 e. The topological polar surface area (TPSA) is 83.8 Å². The second-order valence-electron chi connectivity index (χ2n) is 5.63. The van der Waals surface area contributed by atoms with Crippen molar-refractivity contribution >= 4 is 22.7 Å². The lowest BCUT2D eigenvalue weighted by molar-refractivity contribution is 0.0684. The van der Waals surface area contributed by atoms with Gasteiger partial charge in [0.15, 0.2) is 0 Å². The fourth-order valence-corrected chi connectivity index (χ4v) is 3.14. The maximum absolute atomic E-state index is 11.9. The summed E-state index contributed by atoms with van der Waals surface area (Å²) in [6.07, 6.45) is 0. The molecule has 0 heterocycles. The Bertz CT molecular complexity index is 1000. The van der Waals surface area contributed by atoms with Gasteiger partial charge in [0.05, 0.1) is 18.2 Å².